The molecular weight excluding hydrogens is 246 g/mol. The molecule has 100 valence electrons. The van der Waals surface area contributed by atoms with Crippen molar-refractivity contribution in [2.75, 3.05) is 32.1 Å². The molecule has 3 nitrogen and oxygen atoms in total. The summed E-state index contributed by atoms with van der Waals surface area (Å²) in [5.74, 6) is 1.65. The van der Waals surface area contributed by atoms with E-state index in [0.29, 0.717) is 11.9 Å². The molecule has 0 unspecified atom stereocenters. The van der Waals surface area contributed by atoms with Gasteiger partial charge in [-0.15, -0.1) is 11.6 Å². The lowest BCUT2D eigenvalue weighted by Crippen LogP contribution is -2.42. The van der Waals surface area contributed by atoms with Crippen molar-refractivity contribution in [3.8, 4) is 0 Å². The topological polar surface area (TPSA) is 19.4 Å². The average molecular weight is 268 g/mol. The standard InChI is InChI=1S/C14H22ClN3/c1-11-8-12(10-15)9-14(16-11)18-6-4-13(5-7-18)17(2)3/h8-9,13H,4-7,10H2,1-3H3. The van der Waals surface area contributed by atoms with E-state index in [1.807, 2.05) is 6.92 Å². The Kier molecular flexibility index (Phi) is 4.46. The van der Waals surface area contributed by atoms with Crippen LogP contribution in [0.1, 0.15) is 24.1 Å². The molecule has 1 fully saturated rings. The van der Waals surface area contributed by atoms with Crippen LogP contribution >= 0.6 is 11.6 Å². The quantitative estimate of drug-likeness (QED) is 0.785. The van der Waals surface area contributed by atoms with Crippen molar-refractivity contribution < 1.29 is 0 Å². The van der Waals surface area contributed by atoms with E-state index in [4.69, 9.17) is 11.6 Å². The number of anilines is 1. The molecule has 0 amide bonds. The molecule has 18 heavy (non-hydrogen) atoms. The van der Waals surface area contributed by atoms with Gasteiger partial charge in [0.25, 0.3) is 0 Å². The lowest BCUT2D eigenvalue weighted by molar-refractivity contribution is 0.249. The predicted molar refractivity (Wildman–Crippen MR) is 77.5 cm³/mol. The van der Waals surface area contributed by atoms with Crippen LogP contribution in [0.15, 0.2) is 12.1 Å². The lowest BCUT2D eigenvalue weighted by Gasteiger charge is -2.36. The number of hydrogen-bond donors (Lipinski definition) is 0. The fraction of sp³-hybridized carbons (Fsp3) is 0.643. The van der Waals surface area contributed by atoms with Crippen LogP contribution in [-0.4, -0.2) is 43.1 Å². The highest BCUT2D eigenvalue weighted by Crippen LogP contribution is 2.22. The summed E-state index contributed by atoms with van der Waals surface area (Å²) in [5.41, 5.74) is 2.21. The minimum atomic E-state index is 0.560. The van der Waals surface area contributed by atoms with E-state index in [1.165, 1.54) is 12.8 Å². The molecule has 2 rings (SSSR count). The first-order valence-corrected chi connectivity index (χ1v) is 7.08. The third kappa shape index (κ3) is 3.15. The van der Waals surface area contributed by atoms with Crippen LogP contribution in [0.3, 0.4) is 0 Å². The van der Waals surface area contributed by atoms with Gasteiger partial charge in [0, 0.05) is 30.7 Å². The zero-order valence-electron chi connectivity index (χ0n) is 11.5. The third-order valence-electron chi connectivity index (χ3n) is 3.67. The number of hydrogen-bond acceptors (Lipinski definition) is 3. The first-order chi connectivity index (χ1) is 8.60. The molecule has 1 saturated heterocycles. The summed E-state index contributed by atoms with van der Waals surface area (Å²) < 4.78 is 0. The van der Waals surface area contributed by atoms with Gasteiger partial charge in [-0.2, -0.15) is 0 Å². The monoisotopic (exact) mass is 267 g/mol. The van der Waals surface area contributed by atoms with Gasteiger partial charge >= 0.3 is 0 Å². The highest BCUT2D eigenvalue weighted by atomic mass is 35.5. The van der Waals surface area contributed by atoms with Gasteiger partial charge < -0.3 is 9.80 Å². The molecule has 1 aromatic rings. The zero-order valence-corrected chi connectivity index (χ0v) is 12.2. The molecule has 0 aliphatic carbocycles. The molecule has 0 bridgehead atoms. The van der Waals surface area contributed by atoms with Crippen molar-refractivity contribution in [3.63, 3.8) is 0 Å². The highest BCUT2D eigenvalue weighted by molar-refractivity contribution is 6.17. The summed E-state index contributed by atoms with van der Waals surface area (Å²) in [6.45, 7) is 4.20. The Morgan fingerprint density at radius 2 is 2.00 bits per heavy atom. The fourth-order valence-corrected chi connectivity index (χ4v) is 2.73. The van der Waals surface area contributed by atoms with Gasteiger partial charge in [-0.3, -0.25) is 0 Å². The van der Waals surface area contributed by atoms with Crippen LogP contribution in [0.2, 0.25) is 0 Å². The number of alkyl halides is 1. The van der Waals surface area contributed by atoms with Crippen LogP contribution in [0, 0.1) is 6.92 Å². The zero-order chi connectivity index (χ0) is 13.1. The molecule has 1 aliphatic rings. The molecule has 0 spiro atoms. The minimum absolute atomic E-state index is 0.560. The number of rotatable bonds is 3. The number of aryl methyl sites for hydroxylation is 1. The number of aromatic nitrogens is 1. The van der Waals surface area contributed by atoms with Gasteiger partial charge in [-0.05, 0) is 51.6 Å². The normalized spacial score (nSPS) is 17.5. The van der Waals surface area contributed by atoms with Gasteiger partial charge in [-0.25, -0.2) is 4.98 Å². The van der Waals surface area contributed by atoms with E-state index >= 15 is 0 Å². The molecule has 0 N–H and O–H groups in total. The van der Waals surface area contributed by atoms with Crippen molar-refractivity contribution >= 4 is 17.4 Å². The van der Waals surface area contributed by atoms with E-state index < -0.39 is 0 Å². The van der Waals surface area contributed by atoms with Crippen LogP contribution in [0.5, 0.6) is 0 Å². The second-order valence-corrected chi connectivity index (χ2v) is 5.56. The molecule has 1 aromatic heterocycles. The predicted octanol–water partition coefficient (Wildman–Crippen LogP) is 2.66. The minimum Gasteiger partial charge on any atom is -0.356 e. The summed E-state index contributed by atoms with van der Waals surface area (Å²) in [6, 6.07) is 4.89. The van der Waals surface area contributed by atoms with E-state index in [-0.39, 0.29) is 0 Å². The molecule has 0 radical (unpaired) electrons. The summed E-state index contributed by atoms with van der Waals surface area (Å²) >= 11 is 5.92. The van der Waals surface area contributed by atoms with E-state index in [2.05, 4.69) is 41.0 Å². The molecule has 0 atom stereocenters. The molecule has 1 aliphatic heterocycles. The van der Waals surface area contributed by atoms with Crippen LogP contribution in [0.4, 0.5) is 5.82 Å². The summed E-state index contributed by atoms with van der Waals surface area (Å²) in [6.07, 6.45) is 2.41. The van der Waals surface area contributed by atoms with Crippen LogP contribution in [0.25, 0.3) is 0 Å². The molecule has 0 aromatic carbocycles. The van der Waals surface area contributed by atoms with Crippen molar-refractivity contribution in [2.45, 2.75) is 31.7 Å². The second-order valence-electron chi connectivity index (χ2n) is 5.29. The Balaban J connectivity index is 2.07. The summed E-state index contributed by atoms with van der Waals surface area (Å²) in [5, 5.41) is 0. The second kappa shape index (κ2) is 5.89. The van der Waals surface area contributed by atoms with E-state index in [9.17, 15) is 0 Å². The average Bonchev–Trinajstić information content (AvgIpc) is 2.38. The van der Waals surface area contributed by atoms with Crippen LogP contribution < -0.4 is 4.90 Å². The number of nitrogens with zero attached hydrogens (tertiary/aromatic N) is 3. The maximum absolute atomic E-state index is 5.92. The van der Waals surface area contributed by atoms with Crippen molar-refractivity contribution in [1.29, 1.82) is 0 Å². The van der Waals surface area contributed by atoms with Gasteiger partial charge in [0.1, 0.15) is 5.82 Å². The largest absolute Gasteiger partial charge is 0.356 e. The highest BCUT2D eigenvalue weighted by Gasteiger charge is 2.21. The smallest absolute Gasteiger partial charge is 0.129 e. The fourth-order valence-electron chi connectivity index (χ4n) is 2.57. The Morgan fingerprint density at radius 1 is 1.33 bits per heavy atom. The van der Waals surface area contributed by atoms with Crippen molar-refractivity contribution in [2.24, 2.45) is 0 Å². The van der Waals surface area contributed by atoms with Crippen molar-refractivity contribution in [3.05, 3.63) is 23.4 Å². The molecule has 2 heterocycles. The van der Waals surface area contributed by atoms with Crippen LogP contribution in [-0.2, 0) is 5.88 Å². The summed E-state index contributed by atoms with van der Waals surface area (Å²) in [4.78, 5) is 9.33. The Morgan fingerprint density at radius 3 is 2.56 bits per heavy atom. The number of pyridine rings is 1. The van der Waals surface area contributed by atoms with E-state index in [0.717, 1.165) is 30.2 Å². The van der Waals surface area contributed by atoms with Gasteiger partial charge in [0.15, 0.2) is 0 Å². The van der Waals surface area contributed by atoms with Gasteiger partial charge in [0.05, 0.1) is 0 Å². The summed E-state index contributed by atoms with van der Waals surface area (Å²) in [7, 11) is 4.33. The lowest BCUT2D eigenvalue weighted by atomic mass is 10.0. The maximum atomic E-state index is 5.92. The van der Waals surface area contributed by atoms with E-state index in [1.54, 1.807) is 0 Å². The Bertz CT molecular complexity index is 398. The molecule has 4 heteroatoms. The van der Waals surface area contributed by atoms with Gasteiger partial charge in [0.2, 0.25) is 0 Å². The first kappa shape index (κ1) is 13.6. The van der Waals surface area contributed by atoms with Gasteiger partial charge in [-0.1, -0.05) is 0 Å². The molecule has 0 saturated carbocycles. The third-order valence-corrected chi connectivity index (χ3v) is 3.98. The van der Waals surface area contributed by atoms with Crippen molar-refractivity contribution in [1.82, 2.24) is 9.88 Å². The maximum Gasteiger partial charge on any atom is 0.129 e. The Hall–Kier alpha value is -0.800. The number of piperidine rings is 1. The molecular formula is C14H22ClN3. The number of halogens is 1. The Labute approximate surface area is 115 Å². The SMILES string of the molecule is Cc1cc(CCl)cc(N2CCC(N(C)C)CC2)n1. The first-order valence-electron chi connectivity index (χ1n) is 6.55.